The summed E-state index contributed by atoms with van der Waals surface area (Å²) in [4.78, 5) is 11.1. The minimum atomic E-state index is 0.487. The van der Waals surface area contributed by atoms with Crippen LogP contribution < -0.4 is 0 Å². The number of hydrogen-bond acceptors (Lipinski definition) is 2. The van der Waals surface area contributed by atoms with Crippen molar-refractivity contribution in [3.8, 4) is 0 Å². The summed E-state index contributed by atoms with van der Waals surface area (Å²) in [6, 6.07) is 2.16. The molecule has 0 saturated carbocycles. The molecule has 0 N–H and O–H groups in total. The van der Waals surface area contributed by atoms with Crippen LogP contribution in [0.2, 0.25) is 0 Å². The van der Waals surface area contributed by atoms with Gasteiger partial charge >= 0.3 is 0 Å². The monoisotopic (exact) mass is 233 g/mol. The van der Waals surface area contributed by atoms with Crippen molar-refractivity contribution in [3.05, 3.63) is 23.0 Å². The van der Waals surface area contributed by atoms with E-state index in [1.807, 2.05) is 25.2 Å². The van der Waals surface area contributed by atoms with Gasteiger partial charge in [0.2, 0.25) is 0 Å². The Labute approximate surface area is 105 Å². The van der Waals surface area contributed by atoms with E-state index < -0.39 is 0 Å². The number of hydrogen-bond donors (Lipinski definition) is 0. The maximum absolute atomic E-state index is 4.57. The van der Waals surface area contributed by atoms with Gasteiger partial charge in [-0.25, -0.2) is 4.99 Å². The summed E-state index contributed by atoms with van der Waals surface area (Å²) < 4.78 is 0. The molecule has 1 aromatic heterocycles. The second-order valence-corrected chi connectivity index (χ2v) is 4.74. The lowest BCUT2D eigenvalue weighted by molar-refractivity contribution is 0.552. The van der Waals surface area contributed by atoms with E-state index in [9.17, 15) is 0 Å². The van der Waals surface area contributed by atoms with E-state index in [0.29, 0.717) is 5.92 Å². The number of aliphatic imine (C=N–C) groups is 1. The SMILES string of the molecule is CCN(C)C=Nc1cc(C(C)C)c(C)nc1C. The fraction of sp³-hybridized carbons (Fsp3) is 0.571. The van der Waals surface area contributed by atoms with E-state index in [-0.39, 0.29) is 0 Å². The smallest absolute Gasteiger partial charge is 0.0910 e. The van der Waals surface area contributed by atoms with Crippen molar-refractivity contribution in [2.24, 2.45) is 4.99 Å². The minimum Gasteiger partial charge on any atom is -0.366 e. The highest BCUT2D eigenvalue weighted by Gasteiger charge is 2.08. The molecule has 0 atom stereocenters. The summed E-state index contributed by atoms with van der Waals surface area (Å²) in [5, 5.41) is 0. The topological polar surface area (TPSA) is 28.5 Å². The first-order chi connectivity index (χ1) is 7.95. The predicted octanol–water partition coefficient (Wildman–Crippen LogP) is 3.43. The Morgan fingerprint density at radius 3 is 2.53 bits per heavy atom. The lowest BCUT2D eigenvalue weighted by Gasteiger charge is -2.13. The average molecular weight is 233 g/mol. The van der Waals surface area contributed by atoms with Crippen LogP contribution >= 0.6 is 0 Å². The molecule has 3 heteroatoms. The van der Waals surface area contributed by atoms with Gasteiger partial charge < -0.3 is 4.90 Å². The van der Waals surface area contributed by atoms with Gasteiger partial charge in [-0.05, 0) is 38.3 Å². The zero-order chi connectivity index (χ0) is 13.0. The highest BCUT2D eigenvalue weighted by Crippen LogP contribution is 2.25. The molecule has 1 rings (SSSR count). The Morgan fingerprint density at radius 1 is 1.35 bits per heavy atom. The fourth-order valence-electron chi connectivity index (χ4n) is 1.69. The molecule has 0 aliphatic heterocycles. The molecule has 0 amide bonds. The fourth-order valence-corrected chi connectivity index (χ4v) is 1.69. The zero-order valence-corrected chi connectivity index (χ0v) is 11.8. The summed E-state index contributed by atoms with van der Waals surface area (Å²) >= 11 is 0. The van der Waals surface area contributed by atoms with Crippen LogP contribution in [0.15, 0.2) is 11.1 Å². The Bertz CT molecular complexity index is 408. The van der Waals surface area contributed by atoms with Crippen LogP contribution in [0, 0.1) is 13.8 Å². The molecule has 0 aliphatic rings. The molecular formula is C14H23N3. The van der Waals surface area contributed by atoms with Crippen molar-refractivity contribution < 1.29 is 0 Å². The van der Waals surface area contributed by atoms with Gasteiger partial charge in [0.15, 0.2) is 0 Å². The molecule has 0 aromatic carbocycles. The molecule has 1 aromatic rings. The molecule has 0 aliphatic carbocycles. The van der Waals surface area contributed by atoms with Crippen LogP contribution in [0.1, 0.15) is 43.6 Å². The van der Waals surface area contributed by atoms with E-state index in [1.54, 1.807) is 0 Å². The highest BCUT2D eigenvalue weighted by atomic mass is 15.1. The molecular weight excluding hydrogens is 210 g/mol. The maximum atomic E-state index is 4.57. The van der Waals surface area contributed by atoms with Gasteiger partial charge in [0.1, 0.15) is 0 Å². The van der Waals surface area contributed by atoms with Gasteiger partial charge in [-0.2, -0.15) is 0 Å². The molecule has 0 bridgehead atoms. The molecule has 0 fully saturated rings. The first kappa shape index (κ1) is 13.7. The summed E-state index contributed by atoms with van der Waals surface area (Å²) in [7, 11) is 2.02. The normalized spacial score (nSPS) is 11.5. The molecule has 0 saturated heterocycles. The minimum absolute atomic E-state index is 0.487. The Balaban J connectivity index is 3.08. The van der Waals surface area contributed by atoms with Crippen molar-refractivity contribution in [2.45, 2.75) is 40.5 Å². The lowest BCUT2D eigenvalue weighted by Crippen LogP contribution is -2.14. The summed E-state index contributed by atoms with van der Waals surface area (Å²) in [5.41, 5.74) is 4.36. The summed E-state index contributed by atoms with van der Waals surface area (Å²) in [6.07, 6.45) is 1.86. The number of pyridine rings is 1. The molecule has 17 heavy (non-hydrogen) atoms. The van der Waals surface area contributed by atoms with Gasteiger partial charge in [-0.3, -0.25) is 4.98 Å². The quantitative estimate of drug-likeness (QED) is 0.589. The second kappa shape index (κ2) is 5.80. The Kier molecular flexibility index (Phi) is 4.67. The van der Waals surface area contributed by atoms with Crippen molar-refractivity contribution in [3.63, 3.8) is 0 Å². The zero-order valence-electron chi connectivity index (χ0n) is 11.8. The molecule has 0 unspecified atom stereocenters. The first-order valence-corrected chi connectivity index (χ1v) is 6.18. The summed E-state index contributed by atoms with van der Waals surface area (Å²) in [5.74, 6) is 0.487. The second-order valence-electron chi connectivity index (χ2n) is 4.74. The molecule has 0 radical (unpaired) electrons. The van der Waals surface area contributed by atoms with Crippen LogP contribution in [0.3, 0.4) is 0 Å². The van der Waals surface area contributed by atoms with E-state index in [1.165, 1.54) is 5.56 Å². The lowest BCUT2D eigenvalue weighted by atomic mass is 10.0. The van der Waals surface area contributed by atoms with E-state index in [0.717, 1.165) is 23.6 Å². The molecule has 94 valence electrons. The Morgan fingerprint density at radius 2 is 2.00 bits per heavy atom. The Hall–Kier alpha value is -1.38. The van der Waals surface area contributed by atoms with Crippen molar-refractivity contribution >= 4 is 12.0 Å². The van der Waals surface area contributed by atoms with Gasteiger partial charge in [-0.1, -0.05) is 13.8 Å². The highest BCUT2D eigenvalue weighted by molar-refractivity contribution is 5.62. The first-order valence-electron chi connectivity index (χ1n) is 6.18. The standard InChI is InChI=1S/C14H23N3/c1-7-17(6)9-15-14-8-13(10(2)3)11(4)16-12(14)5/h8-10H,7H2,1-6H3. The number of nitrogens with zero attached hydrogens (tertiary/aromatic N) is 3. The molecule has 0 spiro atoms. The maximum Gasteiger partial charge on any atom is 0.0910 e. The average Bonchev–Trinajstić information content (AvgIpc) is 2.26. The third-order valence-corrected chi connectivity index (χ3v) is 2.93. The van der Waals surface area contributed by atoms with Gasteiger partial charge in [0, 0.05) is 19.3 Å². The van der Waals surface area contributed by atoms with Crippen LogP contribution in [0.5, 0.6) is 0 Å². The molecule has 1 heterocycles. The number of aromatic nitrogens is 1. The van der Waals surface area contributed by atoms with Gasteiger partial charge in [0.25, 0.3) is 0 Å². The van der Waals surface area contributed by atoms with Crippen LogP contribution in [-0.4, -0.2) is 29.8 Å². The van der Waals surface area contributed by atoms with Crippen molar-refractivity contribution in [1.82, 2.24) is 9.88 Å². The third kappa shape index (κ3) is 3.55. The van der Waals surface area contributed by atoms with E-state index >= 15 is 0 Å². The molecule has 3 nitrogen and oxygen atoms in total. The van der Waals surface area contributed by atoms with Gasteiger partial charge in [0.05, 0.1) is 17.7 Å². The summed E-state index contributed by atoms with van der Waals surface area (Å²) in [6.45, 7) is 11.5. The van der Waals surface area contributed by atoms with Crippen LogP contribution in [0.4, 0.5) is 5.69 Å². The van der Waals surface area contributed by atoms with Gasteiger partial charge in [-0.15, -0.1) is 0 Å². The van der Waals surface area contributed by atoms with E-state index in [4.69, 9.17) is 0 Å². The van der Waals surface area contributed by atoms with E-state index in [2.05, 4.69) is 43.7 Å². The predicted molar refractivity (Wildman–Crippen MR) is 74.3 cm³/mol. The largest absolute Gasteiger partial charge is 0.366 e. The number of aryl methyl sites for hydroxylation is 2. The van der Waals surface area contributed by atoms with Crippen LogP contribution in [0.25, 0.3) is 0 Å². The van der Waals surface area contributed by atoms with Crippen molar-refractivity contribution in [2.75, 3.05) is 13.6 Å². The van der Waals surface area contributed by atoms with Crippen molar-refractivity contribution in [1.29, 1.82) is 0 Å². The van der Waals surface area contributed by atoms with Crippen LogP contribution in [-0.2, 0) is 0 Å². The number of rotatable bonds is 4. The third-order valence-electron chi connectivity index (χ3n) is 2.93.